The number of amides is 1. The smallest absolute Gasteiger partial charge is 0.252 e. The van der Waals surface area contributed by atoms with Crippen molar-refractivity contribution >= 4 is 23.2 Å². The predicted molar refractivity (Wildman–Crippen MR) is 70.2 cm³/mol. The number of nitrogens with one attached hydrogen (secondary N) is 1. The van der Waals surface area contributed by atoms with Crippen LogP contribution in [0.4, 0.5) is 5.69 Å². The van der Waals surface area contributed by atoms with Crippen LogP contribution in [0.2, 0.25) is 5.02 Å². The van der Waals surface area contributed by atoms with Gasteiger partial charge in [0.15, 0.2) is 0 Å². The van der Waals surface area contributed by atoms with E-state index in [4.69, 9.17) is 17.3 Å². The highest BCUT2D eigenvalue weighted by atomic mass is 35.5. The van der Waals surface area contributed by atoms with Crippen molar-refractivity contribution in [3.63, 3.8) is 0 Å². The van der Waals surface area contributed by atoms with Gasteiger partial charge in [-0.3, -0.25) is 4.79 Å². The molecule has 1 fully saturated rings. The normalized spacial score (nSPS) is 17.3. The zero-order chi connectivity index (χ0) is 12.5. The second kappa shape index (κ2) is 4.57. The zero-order valence-corrected chi connectivity index (χ0v) is 10.7. The third-order valence-electron chi connectivity index (χ3n) is 3.51. The molecule has 1 saturated carbocycles. The van der Waals surface area contributed by atoms with Gasteiger partial charge in [-0.15, -0.1) is 0 Å². The summed E-state index contributed by atoms with van der Waals surface area (Å²) in [5.74, 6) is -0.143. The number of hydrogen-bond acceptors (Lipinski definition) is 2. The Bertz CT molecular complexity index is 441. The minimum absolute atomic E-state index is 0.143. The fourth-order valence-corrected chi connectivity index (χ4v) is 2.28. The van der Waals surface area contributed by atoms with E-state index in [1.165, 1.54) is 19.3 Å². The molecule has 1 aliphatic rings. The highest BCUT2D eigenvalue weighted by molar-refractivity contribution is 6.36. The van der Waals surface area contributed by atoms with Crippen LogP contribution in [0.15, 0.2) is 18.2 Å². The Morgan fingerprint density at radius 1 is 1.53 bits per heavy atom. The van der Waals surface area contributed by atoms with Gasteiger partial charge < -0.3 is 11.1 Å². The molecule has 1 aliphatic carbocycles. The molecule has 1 aromatic carbocycles. The molecule has 2 rings (SSSR count). The van der Waals surface area contributed by atoms with Gasteiger partial charge >= 0.3 is 0 Å². The average molecular weight is 253 g/mol. The van der Waals surface area contributed by atoms with Crippen LogP contribution in [0.1, 0.15) is 36.5 Å². The van der Waals surface area contributed by atoms with Gasteiger partial charge in [0.1, 0.15) is 0 Å². The van der Waals surface area contributed by atoms with E-state index in [1.54, 1.807) is 18.2 Å². The van der Waals surface area contributed by atoms with Crippen LogP contribution < -0.4 is 11.1 Å². The van der Waals surface area contributed by atoms with Crippen molar-refractivity contribution in [2.24, 2.45) is 5.41 Å². The molecule has 3 N–H and O–H groups in total. The van der Waals surface area contributed by atoms with Crippen LogP contribution >= 0.6 is 11.6 Å². The van der Waals surface area contributed by atoms with Crippen molar-refractivity contribution in [3.05, 3.63) is 28.8 Å². The van der Waals surface area contributed by atoms with E-state index in [1.807, 2.05) is 0 Å². The average Bonchev–Trinajstić information content (AvgIpc) is 2.27. The lowest BCUT2D eigenvalue weighted by Crippen LogP contribution is -2.40. The van der Waals surface area contributed by atoms with Crippen molar-refractivity contribution in [1.29, 1.82) is 0 Å². The molecule has 0 unspecified atom stereocenters. The Morgan fingerprint density at radius 3 is 2.82 bits per heavy atom. The lowest BCUT2D eigenvalue weighted by Gasteiger charge is -2.38. The summed E-state index contributed by atoms with van der Waals surface area (Å²) in [6.07, 6.45) is 3.61. The highest BCUT2D eigenvalue weighted by Crippen LogP contribution is 2.39. The van der Waals surface area contributed by atoms with Crippen molar-refractivity contribution in [2.45, 2.75) is 26.2 Å². The van der Waals surface area contributed by atoms with Crippen LogP contribution in [0.25, 0.3) is 0 Å². The summed E-state index contributed by atoms with van der Waals surface area (Å²) in [6.45, 7) is 2.90. The number of anilines is 1. The van der Waals surface area contributed by atoms with Crippen molar-refractivity contribution in [1.82, 2.24) is 5.32 Å². The topological polar surface area (TPSA) is 55.1 Å². The number of carbonyl (C=O) groups is 1. The van der Waals surface area contributed by atoms with Crippen LogP contribution in [0.3, 0.4) is 0 Å². The summed E-state index contributed by atoms with van der Waals surface area (Å²) in [6, 6.07) is 5.12. The van der Waals surface area contributed by atoms with E-state index < -0.39 is 0 Å². The standard InChI is InChI=1S/C13H17ClN2O/c1-13(6-3-7-13)8-16-12(17)9-4-2-5-10(15)11(9)14/h2,4-5H,3,6-8,15H2,1H3,(H,16,17). The van der Waals surface area contributed by atoms with Crippen LogP contribution in [-0.4, -0.2) is 12.5 Å². The van der Waals surface area contributed by atoms with E-state index in [9.17, 15) is 4.79 Å². The molecule has 0 radical (unpaired) electrons. The molecule has 3 nitrogen and oxygen atoms in total. The van der Waals surface area contributed by atoms with Gasteiger partial charge in [0, 0.05) is 6.54 Å². The van der Waals surface area contributed by atoms with Gasteiger partial charge in [-0.2, -0.15) is 0 Å². The van der Waals surface area contributed by atoms with Crippen molar-refractivity contribution < 1.29 is 4.79 Å². The first kappa shape index (κ1) is 12.2. The predicted octanol–water partition coefficient (Wildman–Crippen LogP) is 2.84. The number of halogens is 1. The first-order chi connectivity index (χ1) is 8.02. The van der Waals surface area contributed by atoms with Gasteiger partial charge in [-0.25, -0.2) is 0 Å². The van der Waals surface area contributed by atoms with Crippen molar-refractivity contribution in [3.8, 4) is 0 Å². The molecular weight excluding hydrogens is 236 g/mol. The second-order valence-corrected chi connectivity index (χ2v) is 5.43. The summed E-state index contributed by atoms with van der Waals surface area (Å²) < 4.78 is 0. The number of hydrogen-bond donors (Lipinski definition) is 2. The maximum absolute atomic E-state index is 12.0. The molecule has 0 bridgehead atoms. The third-order valence-corrected chi connectivity index (χ3v) is 3.93. The Labute approximate surface area is 106 Å². The Morgan fingerprint density at radius 2 is 2.24 bits per heavy atom. The lowest BCUT2D eigenvalue weighted by molar-refractivity contribution is 0.0891. The van der Waals surface area contributed by atoms with E-state index in [0.717, 1.165) is 0 Å². The number of nitrogens with two attached hydrogens (primary N) is 1. The molecular formula is C13H17ClN2O. The van der Waals surface area contributed by atoms with Gasteiger partial charge in [0.2, 0.25) is 0 Å². The second-order valence-electron chi connectivity index (χ2n) is 5.06. The maximum atomic E-state index is 12.0. The van der Waals surface area contributed by atoms with Crippen LogP contribution in [0, 0.1) is 5.41 Å². The summed E-state index contributed by atoms with van der Waals surface area (Å²) >= 11 is 6.00. The Balaban J connectivity index is 2.02. The number of benzene rings is 1. The first-order valence-electron chi connectivity index (χ1n) is 5.84. The molecule has 1 amide bonds. The summed E-state index contributed by atoms with van der Waals surface area (Å²) in [5, 5.41) is 3.27. The molecule has 0 spiro atoms. The molecule has 0 saturated heterocycles. The van der Waals surface area contributed by atoms with Crippen LogP contribution in [-0.2, 0) is 0 Å². The number of nitrogen functional groups attached to an aromatic ring is 1. The molecule has 17 heavy (non-hydrogen) atoms. The fraction of sp³-hybridized carbons (Fsp3) is 0.462. The van der Waals surface area contributed by atoms with E-state index in [0.29, 0.717) is 22.8 Å². The van der Waals surface area contributed by atoms with Crippen molar-refractivity contribution in [2.75, 3.05) is 12.3 Å². The van der Waals surface area contributed by atoms with E-state index in [-0.39, 0.29) is 11.3 Å². The van der Waals surface area contributed by atoms with E-state index in [2.05, 4.69) is 12.2 Å². The number of rotatable bonds is 3. The minimum atomic E-state index is -0.143. The quantitative estimate of drug-likeness (QED) is 0.813. The van der Waals surface area contributed by atoms with Gasteiger partial charge in [0.05, 0.1) is 16.3 Å². The van der Waals surface area contributed by atoms with Gasteiger partial charge in [-0.05, 0) is 30.4 Å². The summed E-state index contributed by atoms with van der Waals surface area (Å²) in [7, 11) is 0. The van der Waals surface area contributed by atoms with Gasteiger partial charge in [0.25, 0.3) is 5.91 Å². The minimum Gasteiger partial charge on any atom is -0.398 e. The van der Waals surface area contributed by atoms with Gasteiger partial charge in [-0.1, -0.05) is 31.0 Å². The SMILES string of the molecule is CC1(CNC(=O)c2cccc(N)c2Cl)CCC1. The molecule has 0 atom stereocenters. The molecule has 0 aromatic heterocycles. The molecule has 0 heterocycles. The number of carbonyl (C=O) groups excluding carboxylic acids is 1. The Kier molecular flexibility index (Phi) is 3.29. The molecule has 1 aromatic rings. The largest absolute Gasteiger partial charge is 0.398 e. The fourth-order valence-electron chi connectivity index (χ4n) is 2.07. The monoisotopic (exact) mass is 252 g/mol. The molecule has 4 heteroatoms. The lowest BCUT2D eigenvalue weighted by atomic mass is 9.70. The summed E-state index contributed by atoms with van der Waals surface area (Å²) in [4.78, 5) is 12.0. The third kappa shape index (κ3) is 2.55. The summed E-state index contributed by atoms with van der Waals surface area (Å²) in [5.41, 5.74) is 6.82. The van der Waals surface area contributed by atoms with Crippen LogP contribution in [0.5, 0.6) is 0 Å². The zero-order valence-electron chi connectivity index (χ0n) is 9.92. The maximum Gasteiger partial charge on any atom is 0.252 e. The highest BCUT2D eigenvalue weighted by Gasteiger charge is 2.32. The molecule has 0 aliphatic heterocycles. The molecule has 92 valence electrons. The Hall–Kier alpha value is -1.22. The first-order valence-corrected chi connectivity index (χ1v) is 6.22. The van der Waals surface area contributed by atoms with E-state index >= 15 is 0 Å².